The standard InChI is InChI=1S/C4H3F6O4P/c5-2-1-12-15(11,13-2)14-4(9,10)3(6,7)8/h2H,1H2. The molecule has 0 amide bonds. The fourth-order valence-electron chi connectivity index (χ4n) is 0.591. The highest BCUT2D eigenvalue weighted by atomic mass is 31.2. The van der Waals surface area contributed by atoms with Gasteiger partial charge in [0.05, 0.1) is 0 Å². The molecule has 0 aromatic carbocycles. The molecule has 1 aliphatic heterocycles. The minimum absolute atomic E-state index is 1.04. The molecule has 0 aliphatic carbocycles. The van der Waals surface area contributed by atoms with Gasteiger partial charge in [0.1, 0.15) is 6.61 Å². The molecule has 0 N–H and O–H groups in total. The smallest absolute Gasteiger partial charge is 0.281 e. The summed E-state index contributed by atoms with van der Waals surface area (Å²) >= 11 is 0. The summed E-state index contributed by atoms with van der Waals surface area (Å²) in [5.74, 6) is 0. The van der Waals surface area contributed by atoms with Crippen LogP contribution in [-0.4, -0.2) is 25.2 Å². The molecular formula is C4H3F6O4P. The normalized spacial score (nSPS) is 33.3. The van der Waals surface area contributed by atoms with E-state index in [-0.39, 0.29) is 0 Å². The first kappa shape index (κ1) is 12.8. The van der Waals surface area contributed by atoms with Gasteiger partial charge >= 0.3 is 20.1 Å². The maximum atomic E-state index is 12.2. The Morgan fingerprint density at radius 2 is 1.80 bits per heavy atom. The predicted octanol–water partition coefficient (Wildman–Crippen LogP) is 2.61. The first-order valence-electron chi connectivity index (χ1n) is 3.28. The number of hydrogen-bond acceptors (Lipinski definition) is 4. The summed E-state index contributed by atoms with van der Waals surface area (Å²) in [6, 6.07) is 0. The number of phosphoric ester groups is 1. The molecule has 2 atom stereocenters. The monoisotopic (exact) mass is 260 g/mol. The highest BCUT2D eigenvalue weighted by Gasteiger charge is 2.64. The number of halogens is 6. The van der Waals surface area contributed by atoms with Crippen molar-refractivity contribution in [1.82, 2.24) is 0 Å². The summed E-state index contributed by atoms with van der Waals surface area (Å²) in [6.45, 7) is -1.04. The van der Waals surface area contributed by atoms with Crippen molar-refractivity contribution in [2.24, 2.45) is 0 Å². The lowest BCUT2D eigenvalue weighted by molar-refractivity contribution is -0.364. The van der Waals surface area contributed by atoms with E-state index in [0.29, 0.717) is 0 Å². The van der Waals surface area contributed by atoms with Crippen LogP contribution in [0.1, 0.15) is 0 Å². The predicted molar refractivity (Wildman–Crippen MR) is 31.6 cm³/mol. The summed E-state index contributed by atoms with van der Waals surface area (Å²) in [5.41, 5.74) is 0. The Labute approximate surface area is 78.7 Å². The number of hydrogen-bond donors (Lipinski definition) is 0. The third kappa shape index (κ3) is 2.83. The Balaban J connectivity index is 2.74. The van der Waals surface area contributed by atoms with E-state index >= 15 is 0 Å². The molecule has 1 fully saturated rings. The Morgan fingerprint density at radius 3 is 2.13 bits per heavy atom. The Kier molecular flexibility index (Phi) is 3.08. The number of phosphoric acid groups is 1. The van der Waals surface area contributed by atoms with Gasteiger partial charge in [-0.15, -0.1) is 0 Å². The fourth-order valence-corrected chi connectivity index (χ4v) is 1.77. The zero-order chi connectivity index (χ0) is 11.9. The largest absolute Gasteiger partial charge is 0.483 e. The first-order chi connectivity index (χ1) is 6.56. The van der Waals surface area contributed by atoms with E-state index in [1.807, 2.05) is 0 Å². The summed E-state index contributed by atoms with van der Waals surface area (Å²) in [5, 5.41) is 0. The van der Waals surface area contributed by atoms with Crippen molar-refractivity contribution in [1.29, 1.82) is 0 Å². The molecule has 2 unspecified atom stereocenters. The maximum absolute atomic E-state index is 12.2. The molecule has 11 heteroatoms. The van der Waals surface area contributed by atoms with Crippen molar-refractivity contribution in [3.05, 3.63) is 0 Å². The van der Waals surface area contributed by atoms with Crippen LogP contribution in [0.5, 0.6) is 0 Å². The molecule has 0 bridgehead atoms. The van der Waals surface area contributed by atoms with Crippen molar-refractivity contribution in [3.8, 4) is 0 Å². The van der Waals surface area contributed by atoms with Gasteiger partial charge in [-0.05, 0) is 0 Å². The lowest BCUT2D eigenvalue weighted by Crippen LogP contribution is -2.38. The van der Waals surface area contributed by atoms with E-state index in [1.165, 1.54) is 0 Å². The third-order valence-corrected chi connectivity index (χ3v) is 2.57. The third-order valence-electron chi connectivity index (χ3n) is 1.16. The van der Waals surface area contributed by atoms with Crippen LogP contribution in [0.4, 0.5) is 26.3 Å². The molecule has 1 heterocycles. The first-order valence-corrected chi connectivity index (χ1v) is 4.74. The summed E-state index contributed by atoms with van der Waals surface area (Å²) in [4.78, 5) is 0. The lowest BCUT2D eigenvalue weighted by atomic mass is 10.6. The summed E-state index contributed by atoms with van der Waals surface area (Å²) in [6.07, 6.45) is -14.2. The van der Waals surface area contributed by atoms with Crippen molar-refractivity contribution < 1.29 is 44.5 Å². The molecule has 1 saturated heterocycles. The van der Waals surface area contributed by atoms with Crippen LogP contribution in [0, 0.1) is 0 Å². The van der Waals surface area contributed by atoms with Crippen LogP contribution in [0.15, 0.2) is 0 Å². The topological polar surface area (TPSA) is 44.8 Å². The maximum Gasteiger partial charge on any atom is 0.483 e. The fraction of sp³-hybridized carbons (Fsp3) is 1.00. The molecule has 0 aromatic rings. The molecule has 90 valence electrons. The Morgan fingerprint density at radius 1 is 1.27 bits per heavy atom. The minimum atomic E-state index is -6.09. The SMILES string of the molecule is O=P1(OC(F)(F)C(F)(F)F)OCC(F)O1. The van der Waals surface area contributed by atoms with Gasteiger partial charge in [-0.3, -0.25) is 4.52 Å². The second kappa shape index (κ2) is 3.62. The highest BCUT2D eigenvalue weighted by Crippen LogP contribution is 2.60. The second-order valence-corrected chi connectivity index (χ2v) is 3.91. The Hall–Kier alpha value is -0.310. The summed E-state index contributed by atoms with van der Waals surface area (Å²) < 4.78 is 92.0. The zero-order valence-corrected chi connectivity index (χ0v) is 7.53. The van der Waals surface area contributed by atoms with Crippen molar-refractivity contribution in [2.75, 3.05) is 6.61 Å². The molecule has 15 heavy (non-hydrogen) atoms. The van der Waals surface area contributed by atoms with Crippen molar-refractivity contribution in [2.45, 2.75) is 18.6 Å². The van der Waals surface area contributed by atoms with E-state index < -0.39 is 33.1 Å². The average molecular weight is 260 g/mol. The molecule has 0 spiro atoms. The molecule has 0 saturated carbocycles. The van der Waals surface area contributed by atoms with Gasteiger partial charge < -0.3 is 0 Å². The second-order valence-electron chi connectivity index (χ2n) is 2.36. The van der Waals surface area contributed by atoms with Gasteiger partial charge in [0, 0.05) is 0 Å². The van der Waals surface area contributed by atoms with Gasteiger partial charge in [-0.25, -0.2) is 18.0 Å². The average Bonchev–Trinajstić information content (AvgIpc) is 2.26. The van der Waals surface area contributed by atoms with E-state index in [2.05, 4.69) is 13.6 Å². The molecule has 0 aromatic heterocycles. The number of alkyl halides is 6. The van der Waals surface area contributed by atoms with Crippen LogP contribution < -0.4 is 0 Å². The molecule has 1 aliphatic rings. The van der Waals surface area contributed by atoms with Gasteiger partial charge in [-0.1, -0.05) is 0 Å². The molecule has 1 rings (SSSR count). The zero-order valence-electron chi connectivity index (χ0n) is 6.63. The van der Waals surface area contributed by atoms with Crippen LogP contribution >= 0.6 is 7.82 Å². The molecule has 0 radical (unpaired) electrons. The van der Waals surface area contributed by atoms with E-state index in [1.54, 1.807) is 0 Å². The van der Waals surface area contributed by atoms with Crippen LogP contribution in [-0.2, 0) is 18.1 Å². The van der Waals surface area contributed by atoms with Crippen LogP contribution in [0.3, 0.4) is 0 Å². The van der Waals surface area contributed by atoms with Crippen LogP contribution in [0.25, 0.3) is 0 Å². The summed E-state index contributed by atoms with van der Waals surface area (Å²) in [7, 11) is -5.19. The molecule has 4 nitrogen and oxygen atoms in total. The van der Waals surface area contributed by atoms with Crippen molar-refractivity contribution in [3.63, 3.8) is 0 Å². The quantitative estimate of drug-likeness (QED) is 0.565. The van der Waals surface area contributed by atoms with Gasteiger partial charge in [0.15, 0.2) is 0 Å². The lowest BCUT2D eigenvalue weighted by Gasteiger charge is -2.20. The van der Waals surface area contributed by atoms with E-state index in [9.17, 15) is 30.9 Å². The Bertz CT molecular complexity index is 289. The minimum Gasteiger partial charge on any atom is -0.281 e. The van der Waals surface area contributed by atoms with E-state index in [4.69, 9.17) is 0 Å². The van der Waals surface area contributed by atoms with Gasteiger partial charge in [0.25, 0.3) is 0 Å². The van der Waals surface area contributed by atoms with Crippen LogP contribution in [0.2, 0.25) is 0 Å². The number of rotatable bonds is 2. The van der Waals surface area contributed by atoms with Gasteiger partial charge in [0.2, 0.25) is 6.36 Å². The van der Waals surface area contributed by atoms with Gasteiger partial charge in [-0.2, -0.15) is 22.0 Å². The molecular weight excluding hydrogens is 257 g/mol. The highest BCUT2D eigenvalue weighted by molar-refractivity contribution is 7.48. The van der Waals surface area contributed by atoms with E-state index in [0.717, 1.165) is 0 Å². The van der Waals surface area contributed by atoms with Crippen molar-refractivity contribution >= 4 is 7.82 Å².